The number of aliphatic carboxylic acids is 1. The van der Waals surface area contributed by atoms with E-state index in [0.717, 1.165) is 27.2 Å². The summed E-state index contributed by atoms with van der Waals surface area (Å²) in [4.78, 5) is 36.9. The van der Waals surface area contributed by atoms with Crippen molar-refractivity contribution in [2.75, 3.05) is 26.8 Å². The van der Waals surface area contributed by atoms with Crippen molar-refractivity contribution in [1.29, 1.82) is 0 Å². The van der Waals surface area contributed by atoms with E-state index >= 15 is 0 Å². The molecule has 8 nitrogen and oxygen atoms in total. The molecule has 2 aliphatic rings. The molecule has 4 rings (SSSR count). The molecule has 1 aliphatic heterocycles. The Morgan fingerprint density at radius 2 is 1.71 bits per heavy atom. The zero-order valence-corrected chi connectivity index (χ0v) is 17.1. The summed E-state index contributed by atoms with van der Waals surface area (Å²) in [5.41, 5.74) is 4.51. The van der Waals surface area contributed by atoms with Crippen molar-refractivity contribution in [1.82, 2.24) is 10.2 Å². The molecule has 2 amide bonds. The van der Waals surface area contributed by atoms with Crippen LogP contribution >= 0.6 is 0 Å². The summed E-state index contributed by atoms with van der Waals surface area (Å²) < 4.78 is 11.0. The Kier molecular flexibility index (Phi) is 5.90. The molecule has 0 spiro atoms. The summed E-state index contributed by atoms with van der Waals surface area (Å²) in [7, 11) is 1.39. The number of hydrogen-bond acceptors (Lipinski definition) is 5. The van der Waals surface area contributed by atoms with Crippen molar-refractivity contribution < 1.29 is 29.0 Å². The van der Waals surface area contributed by atoms with Gasteiger partial charge in [-0.05, 0) is 28.7 Å². The number of carboxylic acid groups (broad SMARTS) is 1. The minimum absolute atomic E-state index is 0.0582. The zero-order chi connectivity index (χ0) is 22.0. The number of nitrogens with zero attached hydrogens (tertiary/aromatic N) is 1. The highest BCUT2D eigenvalue weighted by Crippen LogP contribution is 2.44. The lowest BCUT2D eigenvalue weighted by Gasteiger charge is -2.24. The molecule has 0 bridgehead atoms. The first-order chi connectivity index (χ1) is 15.0. The van der Waals surface area contributed by atoms with Gasteiger partial charge in [0, 0.05) is 19.6 Å². The Morgan fingerprint density at radius 3 is 2.32 bits per heavy atom. The van der Waals surface area contributed by atoms with Gasteiger partial charge in [-0.2, -0.15) is 0 Å². The van der Waals surface area contributed by atoms with Gasteiger partial charge < -0.3 is 24.8 Å². The summed E-state index contributed by atoms with van der Waals surface area (Å²) in [5, 5.41) is 11.6. The number of carbonyl (C=O) groups is 3. The molecule has 0 unspecified atom stereocenters. The minimum Gasteiger partial charge on any atom is -0.480 e. The van der Waals surface area contributed by atoms with Crippen molar-refractivity contribution in [3.63, 3.8) is 0 Å². The summed E-state index contributed by atoms with van der Waals surface area (Å²) in [6.07, 6.45) is -1.11. The molecule has 1 heterocycles. The van der Waals surface area contributed by atoms with Gasteiger partial charge in [-0.25, -0.2) is 4.79 Å². The van der Waals surface area contributed by atoms with E-state index in [1.165, 1.54) is 7.05 Å². The monoisotopic (exact) mass is 424 g/mol. The average Bonchev–Trinajstić information content (AvgIpc) is 3.33. The Morgan fingerprint density at radius 1 is 1.10 bits per heavy atom. The summed E-state index contributed by atoms with van der Waals surface area (Å²) in [5.74, 6) is -1.66. The number of carbonyl (C=O) groups excluding carboxylic acids is 2. The van der Waals surface area contributed by atoms with Crippen LogP contribution in [0.5, 0.6) is 0 Å². The van der Waals surface area contributed by atoms with Crippen LogP contribution in [0.15, 0.2) is 48.5 Å². The molecule has 8 heteroatoms. The van der Waals surface area contributed by atoms with E-state index in [1.54, 1.807) is 0 Å². The highest BCUT2D eigenvalue weighted by molar-refractivity contribution is 5.86. The van der Waals surface area contributed by atoms with Crippen molar-refractivity contribution in [2.45, 2.75) is 24.5 Å². The maximum atomic E-state index is 12.5. The SMILES string of the molecule is CN(CC(=O)O)C(=O)[C@H]1OCC[C@H]1NC(=O)OCC1c2ccccc2-c2ccccc21. The van der Waals surface area contributed by atoms with Crippen LogP contribution < -0.4 is 5.32 Å². The molecule has 2 atom stereocenters. The van der Waals surface area contributed by atoms with E-state index in [4.69, 9.17) is 14.6 Å². The number of fused-ring (bicyclic) bond motifs is 3. The van der Waals surface area contributed by atoms with Crippen LogP contribution in [-0.4, -0.2) is 66.9 Å². The topological polar surface area (TPSA) is 105 Å². The van der Waals surface area contributed by atoms with Gasteiger partial charge in [0.1, 0.15) is 13.2 Å². The number of nitrogens with one attached hydrogen (secondary N) is 1. The van der Waals surface area contributed by atoms with Gasteiger partial charge >= 0.3 is 12.1 Å². The quantitative estimate of drug-likeness (QED) is 0.737. The molecule has 2 N–H and O–H groups in total. The number of carboxylic acids is 1. The maximum Gasteiger partial charge on any atom is 0.407 e. The molecule has 31 heavy (non-hydrogen) atoms. The van der Waals surface area contributed by atoms with E-state index in [2.05, 4.69) is 17.4 Å². The maximum absolute atomic E-state index is 12.5. The Bertz CT molecular complexity index is 962. The molecular weight excluding hydrogens is 400 g/mol. The standard InChI is InChI=1S/C23H24N2O6/c1-25(12-20(26)27)22(28)21-19(10-11-30-21)24-23(29)31-13-18-16-8-4-2-6-14(16)15-7-3-5-9-17(15)18/h2-9,18-19,21H,10-13H2,1H3,(H,24,29)(H,26,27)/t19-,21+/m1/s1. The average molecular weight is 424 g/mol. The van der Waals surface area contributed by atoms with Crippen LogP contribution in [0.2, 0.25) is 0 Å². The van der Waals surface area contributed by atoms with E-state index < -0.39 is 36.7 Å². The molecule has 1 fully saturated rings. The van der Waals surface area contributed by atoms with Crippen LogP contribution in [0, 0.1) is 0 Å². The van der Waals surface area contributed by atoms with Crippen LogP contribution in [-0.2, 0) is 19.1 Å². The first-order valence-electron chi connectivity index (χ1n) is 10.2. The zero-order valence-electron chi connectivity index (χ0n) is 17.1. The molecular formula is C23H24N2O6. The molecule has 162 valence electrons. The van der Waals surface area contributed by atoms with Crippen molar-refractivity contribution in [2.24, 2.45) is 0 Å². The third-order valence-corrected chi connectivity index (χ3v) is 5.73. The first kappa shape index (κ1) is 20.9. The smallest absolute Gasteiger partial charge is 0.407 e. The van der Waals surface area contributed by atoms with Crippen molar-refractivity contribution in [3.8, 4) is 11.1 Å². The van der Waals surface area contributed by atoms with Gasteiger partial charge in [0.2, 0.25) is 0 Å². The summed E-state index contributed by atoms with van der Waals surface area (Å²) in [6, 6.07) is 15.6. The van der Waals surface area contributed by atoms with Crippen LogP contribution in [0.1, 0.15) is 23.5 Å². The molecule has 0 saturated carbocycles. The fourth-order valence-electron chi connectivity index (χ4n) is 4.27. The second-order valence-electron chi connectivity index (χ2n) is 7.74. The lowest BCUT2D eigenvalue weighted by Crippen LogP contribution is -2.49. The fraction of sp³-hybridized carbons (Fsp3) is 0.348. The van der Waals surface area contributed by atoms with E-state index in [1.807, 2.05) is 36.4 Å². The Hall–Kier alpha value is -3.39. The number of likely N-dealkylation sites (N-methyl/N-ethyl adjacent to an activating group) is 1. The molecule has 2 aromatic carbocycles. The van der Waals surface area contributed by atoms with E-state index in [-0.39, 0.29) is 12.5 Å². The molecule has 0 aromatic heterocycles. The van der Waals surface area contributed by atoms with Crippen LogP contribution in [0.4, 0.5) is 4.79 Å². The summed E-state index contributed by atoms with van der Waals surface area (Å²) in [6.45, 7) is 0.0347. The molecule has 0 radical (unpaired) electrons. The van der Waals surface area contributed by atoms with Gasteiger partial charge in [0.15, 0.2) is 6.10 Å². The largest absolute Gasteiger partial charge is 0.480 e. The number of alkyl carbamates (subject to hydrolysis) is 1. The highest BCUT2D eigenvalue weighted by atomic mass is 16.6. The number of amides is 2. The van der Waals surface area contributed by atoms with Gasteiger partial charge in [-0.15, -0.1) is 0 Å². The predicted octanol–water partition coefficient (Wildman–Crippen LogP) is 2.23. The summed E-state index contributed by atoms with van der Waals surface area (Å²) >= 11 is 0. The Balaban J connectivity index is 1.38. The minimum atomic E-state index is -1.12. The van der Waals surface area contributed by atoms with Gasteiger partial charge in [-0.3, -0.25) is 9.59 Å². The number of benzene rings is 2. The fourth-order valence-corrected chi connectivity index (χ4v) is 4.27. The second-order valence-corrected chi connectivity index (χ2v) is 7.74. The number of ether oxygens (including phenoxy) is 2. The normalized spacial score (nSPS) is 19.4. The van der Waals surface area contributed by atoms with Gasteiger partial charge in [0.05, 0.1) is 6.04 Å². The number of hydrogen-bond donors (Lipinski definition) is 2. The Labute approximate surface area is 179 Å². The first-order valence-corrected chi connectivity index (χ1v) is 10.2. The highest BCUT2D eigenvalue weighted by Gasteiger charge is 2.38. The van der Waals surface area contributed by atoms with Gasteiger partial charge in [-0.1, -0.05) is 48.5 Å². The van der Waals surface area contributed by atoms with Crippen LogP contribution in [0.25, 0.3) is 11.1 Å². The van der Waals surface area contributed by atoms with Crippen LogP contribution in [0.3, 0.4) is 0 Å². The lowest BCUT2D eigenvalue weighted by atomic mass is 9.98. The van der Waals surface area contributed by atoms with Crippen molar-refractivity contribution >= 4 is 18.0 Å². The molecule has 2 aromatic rings. The number of rotatable bonds is 6. The van der Waals surface area contributed by atoms with E-state index in [9.17, 15) is 14.4 Å². The van der Waals surface area contributed by atoms with Gasteiger partial charge in [0.25, 0.3) is 5.91 Å². The second kappa shape index (κ2) is 8.77. The third-order valence-electron chi connectivity index (χ3n) is 5.73. The molecule has 1 aliphatic carbocycles. The van der Waals surface area contributed by atoms with E-state index in [0.29, 0.717) is 13.0 Å². The predicted molar refractivity (Wildman–Crippen MR) is 112 cm³/mol. The lowest BCUT2D eigenvalue weighted by molar-refractivity contribution is -0.148. The van der Waals surface area contributed by atoms with Crippen molar-refractivity contribution in [3.05, 3.63) is 59.7 Å². The molecule has 1 saturated heterocycles. The third kappa shape index (κ3) is 4.25.